The molecule has 0 unspecified atom stereocenters. The molecule has 3 aromatic heterocycles. The van der Waals surface area contributed by atoms with Crippen LogP contribution < -0.4 is 5.69 Å². The maximum Gasteiger partial charge on any atom is 0.419 e. The van der Waals surface area contributed by atoms with Crippen LogP contribution >= 0.6 is 0 Å². The van der Waals surface area contributed by atoms with E-state index in [0.717, 1.165) is 15.3 Å². The first-order valence-corrected chi connectivity index (χ1v) is 12.9. The average molecular weight is 604 g/mol. The van der Waals surface area contributed by atoms with Crippen LogP contribution in [0.25, 0.3) is 28.0 Å². The van der Waals surface area contributed by atoms with Crippen molar-refractivity contribution in [2.45, 2.75) is 25.1 Å². The van der Waals surface area contributed by atoms with Gasteiger partial charge < -0.3 is 9.88 Å². The zero-order chi connectivity index (χ0) is 30.6. The number of aromatic nitrogens is 5. The average Bonchev–Trinajstić information content (AvgIpc) is 3.57. The van der Waals surface area contributed by atoms with Crippen molar-refractivity contribution >= 4 is 16.9 Å². The second-order valence-corrected chi connectivity index (χ2v) is 9.93. The topological polar surface area (TPSA) is 88.8 Å². The van der Waals surface area contributed by atoms with E-state index in [1.165, 1.54) is 35.5 Å². The predicted octanol–water partition coefficient (Wildman–Crippen LogP) is 5.63. The summed E-state index contributed by atoms with van der Waals surface area (Å²) in [6.45, 7) is 0.163. The molecule has 222 valence electrons. The van der Waals surface area contributed by atoms with Crippen LogP contribution in [0.5, 0.6) is 0 Å². The van der Waals surface area contributed by atoms with Crippen LogP contribution in [0.4, 0.5) is 30.7 Å². The Bertz CT molecular complexity index is 1920. The summed E-state index contributed by atoms with van der Waals surface area (Å²) in [6.07, 6.45) is -1.94. The Morgan fingerprint density at radius 3 is 2.37 bits per heavy atom. The molecule has 2 aromatic carbocycles. The Morgan fingerprint density at radius 2 is 1.70 bits per heavy atom. The van der Waals surface area contributed by atoms with Crippen molar-refractivity contribution in [3.63, 3.8) is 0 Å². The Kier molecular flexibility index (Phi) is 6.81. The largest absolute Gasteiger partial charge is 0.419 e. The molecule has 1 fully saturated rings. The highest BCUT2D eigenvalue weighted by atomic mass is 19.4. The van der Waals surface area contributed by atoms with Gasteiger partial charge in [0.25, 0.3) is 5.91 Å². The molecule has 0 atom stereocenters. The summed E-state index contributed by atoms with van der Waals surface area (Å²) in [5, 5.41) is 4.13. The lowest BCUT2D eigenvalue weighted by Gasteiger charge is -2.32. The van der Waals surface area contributed by atoms with E-state index in [1.807, 2.05) is 0 Å². The lowest BCUT2D eigenvalue weighted by molar-refractivity contribution is -0.140. The third-order valence-corrected chi connectivity index (χ3v) is 7.34. The third-order valence-electron chi connectivity index (χ3n) is 7.34. The molecule has 6 rings (SSSR count). The molecule has 43 heavy (non-hydrogen) atoms. The van der Waals surface area contributed by atoms with Crippen LogP contribution in [-0.4, -0.2) is 48.2 Å². The number of hydrogen-bond donors (Lipinski definition) is 1. The second kappa shape index (κ2) is 10.4. The van der Waals surface area contributed by atoms with Gasteiger partial charge in [-0.2, -0.15) is 18.3 Å². The van der Waals surface area contributed by atoms with Crippen molar-refractivity contribution < 1.29 is 35.5 Å². The van der Waals surface area contributed by atoms with E-state index in [1.54, 1.807) is 6.07 Å². The molecule has 0 radical (unpaired) electrons. The van der Waals surface area contributed by atoms with Crippen LogP contribution in [0.3, 0.4) is 0 Å². The van der Waals surface area contributed by atoms with Crippen molar-refractivity contribution in [1.29, 1.82) is 0 Å². The highest BCUT2D eigenvalue weighted by Gasteiger charge is 2.36. The van der Waals surface area contributed by atoms with Crippen LogP contribution in [0.2, 0.25) is 0 Å². The quantitative estimate of drug-likeness (QED) is 0.270. The highest BCUT2D eigenvalue weighted by molar-refractivity contribution is 5.93. The standard InChI is InChI=1S/C28H19F7N6O2/c29-17-3-4-20-25(24(17)32)40(27(43)37-20)15-5-8-39(9-6-15)26(42)21-12-22(14-2-1-7-36-13-14)41(38-21)23-11-18(30)16(10-19(23)31)28(33,34)35/h1-4,7,10-13,15H,5-6,8-9H2,(H,37,43). The summed E-state index contributed by atoms with van der Waals surface area (Å²) in [5.41, 5.74) is -2.99. The summed E-state index contributed by atoms with van der Waals surface area (Å²) in [4.78, 5) is 33.9. The van der Waals surface area contributed by atoms with E-state index in [-0.39, 0.29) is 54.4 Å². The molecular weight excluding hydrogens is 585 g/mol. The van der Waals surface area contributed by atoms with Gasteiger partial charge in [-0.25, -0.2) is 27.0 Å². The molecular formula is C28H19F7N6O2. The molecule has 0 spiro atoms. The first-order chi connectivity index (χ1) is 20.4. The number of amides is 1. The molecule has 1 N–H and O–H groups in total. The number of nitrogens with zero attached hydrogens (tertiary/aromatic N) is 5. The third kappa shape index (κ3) is 4.93. The van der Waals surface area contributed by atoms with Gasteiger partial charge in [-0.1, -0.05) is 0 Å². The van der Waals surface area contributed by atoms with Crippen LogP contribution in [0, 0.1) is 23.3 Å². The monoisotopic (exact) mass is 604 g/mol. The predicted molar refractivity (Wildman–Crippen MR) is 138 cm³/mol. The molecule has 1 saturated heterocycles. The van der Waals surface area contributed by atoms with Gasteiger partial charge >= 0.3 is 11.9 Å². The van der Waals surface area contributed by atoms with Crippen molar-refractivity contribution in [2.24, 2.45) is 0 Å². The first-order valence-electron chi connectivity index (χ1n) is 12.9. The van der Waals surface area contributed by atoms with Gasteiger partial charge in [0.1, 0.15) is 22.8 Å². The van der Waals surface area contributed by atoms with E-state index in [4.69, 9.17) is 0 Å². The van der Waals surface area contributed by atoms with Crippen molar-refractivity contribution in [2.75, 3.05) is 13.1 Å². The number of H-pyrrole nitrogens is 1. The minimum atomic E-state index is -5.13. The minimum absolute atomic E-state index is 0.0208. The summed E-state index contributed by atoms with van der Waals surface area (Å²) in [5.74, 6) is -6.06. The van der Waals surface area contributed by atoms with E-state index in [9.17, 15) is 40.3 Å². The maximum atomic E-state index is 15.0. The normalized spacial score (nSPS) is 14.5. The number of imidazole rings is 1. The lowest BCUT2D eigenvalue weighted by atomic mass is 10.0. The maximum absolute atomic E-state index is 15.0. The van der Waals surface area contributed by atoms with E-state index < -0.39 is 58.3 Å². The molecule has 8 nitrogen and oxygen atoms in total. The summed E-state index contributed by atoms with van der Waals surface area (Å²) < 4.78 is 99.2. The Balaban J connectivity index is 1.32. The van der Waals surface area contributed by atoms with Gasteiger partial charge in [-0.05, 0) is 49.2 Å². The lowest BCUT2D eigenvalue weighted by Crippen LogP contribution is -2.40. The van der Waals surface area contributed by atoms with Gasteiger partial charge in [0.2, 0.25) is 0 Å². The fourth-order valence-electron chi connectivity index (χ4n) is 5.30. The van der Waals surface area contributed by atoms with E-state index in [0.29, 0.717) is 11.6 Å². The summed E-state index contributed by atoms with van der Waals surface area (Å²) in [7, 11) is 0. The number of pyridine rings is 1. The van der Waals surface area contributed by atoms with E-state index in [2.05, 4.69) is 15.1 Å². The number of nitrogens with one attached hydrogen (secondary N) is 1. The van der Waals surface area contributed by atoms with Gasteiger partial charge in [0, 0.05) is 43.2 Å². The zero-order valence-corrected chi connectivity index (χ0v) is 21.8. The van der Waals surface area contributed by atoms with Crippen molar-refractivity contribution in [3.05, 3.63) is 99.9 Å². The number of alkyl halides is 3. The molecule has 1 aliphatic rings. The van der Waals surface area contributed by atoms with Crippen molar-refractivity contribution in [3.8, 4) is 16.9 Å². The van der Waals surface area contributed by atoms with E-state index >= 15 is 0 Å². The Morgan fingerprint density at radius 1 is 0.953 bits per heavy atom. The SMILES string of the molecule is O=C(c1cc(-c2cccnc2)n(-c2cc(F)c(C(F)(F)F)cc2F)n1)N1CCC(n2c(=O)[nH]c3ccc(F)c(F)c32)CC1. The second-order valence-electron chi connectivity index (χ2n) is 9.93. The van der Waals surface area contributed by atoms with Gasteiger partial charge in [0.15, 0.2) is 17.3 Å². The number of piperidine rings is 1. The zero-order valence-electron chi connectivity index (χ0n) is 21.8. The summed E-state index contributed by atoms with van der Waals surface area (Å²) in [6, 6.07) is 6.33. The minimum Gasteiger partial charge on any atom is -0.337 e. The number of likely N-dealkylation sites (tertiary alicyclic amines) is 1. The van der Waals surface area contributed by atoms with Crippen LogP contribution in [0.1, 0.15) is 34.9 Å². The van der Waals surface area contributed by atoms with Crippen LogP contribution in [0.15, 0.2) is 59.7 Å². The van der Waals surface area contributed by atoms with Gasteiger partial charge in [-0.3, -0.25) is 14.3 Å². The number of rotatable bonds is 4. The fourth-order valence-corrected chi connectivity index (χ4v) is 5.30. The number of aromatic amines is 1. The summed E-state index contributed by atoms with van der Waals surface area (Å²) >= 11 is 0. The number of hydrogen-bond acceptors (Lipinski definition) is 4. The molecule has 0 bridgehead atoms. The number of carbonyl (C=O) groups excluding carboxylic acids is 1. The molecule has 4 heterocycles. The van der Waals surface area contributed by atoms with Crippen molar-refractivity contribution in [1.82, 2.24) is 29.2 Å². The smallest absolute Gasteiger partial charge is 0.337 e. The molecule has 15 heteroatoms. The fraction of sp³-hybridized carbons (Fsp3) is 0.214. The molecule has 5 aromatic rings. The first kappa shape index (κ1) is 28.2. The molecule has 0 aliphatic carbocycles. The van der Waals surface area contributed by atoms with Gasteiger partial charge in [0.05, 0.1) is 16.8 Å². The number of halogens is 7. The number of benzene rings is 2. The molecule has 1 aliphatic heterocycles. The molecule has 0 saturated carbocycles. The molecule has 1 amide bonds. The highest BCUT2D eigenvalue weighted by Crippen LogP contribution is 2.35. The number of fused-ring (bicyclic) bond motifs is 1. The van der Waals surface area contributed by atoms with Gasteiger partial charge in [-0.15, -0.1) is 0 Å². The number of carbonyl (C=O) groups is 1. The Hall–Kier alpha value is -4.95. The van der Waals surface area contributed by atoms with Crippen LogP contribution in [-0.2, 0) is 6.18 Å². The Labute approximate surface area is 237 Å².